The number of hydrogen-bond donors (Lipinski definition) is 5. The maximum Gasteiger partial charge on any atom is 0.330 e. The number of phenolic OH excluding ortho intramolecular Hbond substituents is 1. The average Bonchev–Trinajstić information content (AvgIpc) is 2.64. The quantitative estimate of drug-likeness (QED) is 0.354. The molecule has 0 radical (unpaired) electrons. The first-order valence-electron chi connectivity index (χ1n) is 9.58. The zero-order chi connectivity index (χ0) is 22.1. The van der Waals surface area contributed by atoms with Gasteiger partial charge in [0, 0.05) is 6.04 Å². The Balaban J connectivity index is 2.88. The third-order valence-corrected chi connectivity index (χ3v) is 4.29. The number of carboxylic acids is 1. The number of hydrogen-bond acceptors (Lipinski definition) is 5. The molecule has 0 heterocycles. The van der Waals surface area contributed by atoms with Crippen LogP contribution >= 0.6 is 0 Å². The van der Waals surface area contributed by atoms with Crippen LogP contribution in [0, 0.1) is 0 Å². The second-order valence-electron chi connectivity index (χ2n) is 7.34. The van der Waals surface area contributed by atoms with E-state index < -0.39 is 30.0 Å². The van der Waals surface area contributed by atoms with E-state index in [9.17, 15) is 24.6 Å². The van der Waals surface area contributed by atoms with Crippen molar-refractivity contribution in [2.45, 2.75) is 64.7 Å². The van der Waals surface area contributed by atoms with Gasteiger partial charge in [-0.15, -0.1) is 0 Å². The maximum absolute atomic E-state index is 12.8. The number of benzene rings is 1. The van der Waals surface area contributed by atoms with Crippen LogP contribution < -0.4 is 16.0 Å². The van der Waals surface area contributed by atoms with Crippen molar-refractivity contribution in [2.24, 2.45) is 0 Å². The molecule has 0 aliphatic carbocycles. The summed E-state index contributed by atoms with van der Waals surface area (Å²) in [6.45, 7) is 10.6. The van der Waals surface area contributed by atoms with Gasteiger partial charge in [-0.3, -0.25) is 9.59 Å². The molecule has 8 heteroatoms. The Morgan fingerprint density at radius 3 is 2.03 bits per heavy atom. The Morgan fingerprint density at radius 1 is 1.03 bits per heavy atom. The molecular formula is C21H31N3O5. The van der Waals surface area contributed by atoms with Crippen molar-refractivity contribution in [1.29, 1.82) is 0 Å². The molecule has 160 valence electrons. The number of aromatic hydroxyl groups is 1. The van der Waals surface area contributed by atoms with Gasteiger partial charge in [-0.2, -0.15) is 0 Å². The largest absolute Gasteiger partial charge is 0.508 e. The molecule has 2 amide bonds. The van der Waals surface area contributed by atoms with E-state index in [4.69, 9.17) is 0 Å². The predicted molar refractivity (Wildman–Crippen MR) is 110 cm³/mol. The van der Waals surface area contributed by atoms with E-state index in [1.54, 1.807) is 31.2 Å². The fourth-order valence-corrected chi connectivity index (χ4v) is 2.76. The van der Waals surface area contributed by atoms with Crippen LogP contribution in [0.1, 0.15) is 39.7 Å². The molecule has 0 spiro atoms. The minimum absolute atomic E-state index is 0.0246. The SMILES string of the molecule is C=C(C)C(NC(=O)C(CC)NC(=O)C(Cc1ccc(O)cc1)NC(C)C)C(=O)O. The van der Waals surface area contributed by atoms with Crippen LogP contribution in [0.3, 0.4) is 0 Å². The topological polar surface area (TPSA) is 128 Å². The van der Waals surface area contributed by atoms with E-state index in [1.807, 2.05) is 13.8 Å². The highest BCUT2D eigenvalue weighted by molar-refractivity contribution is 5.92. The molecular weight excluding hydrogens is 374 g/mol. The van der Waals surface area contributed by atoms with Gasteiger partial charge in [-0.05, 0) is 43.0 Å². The first-order valence-corrected chi connectivity index (χ1v) is 9.58. The van der Waals surface area contributed by atoms with Gasteiger partial charge in [0.1, 0.15) is 17.8 Å². The Bertz CT molecular complexity index is 716. The second-order valence-corrected chi connectivity index (χ2v) is 7.34. The summed E-state index contributed by atoms with van der Waals surface area (Å²) in [5.41, 5.74) is 1.14. The molecule has 1 aromatic rings. The van der Waals surface area contributed by atoms with Crippen molar-refractivity contribution in [3.05, 3.63) is 42.0 Å². The van der Waals surface area contributed by atoms with Crippen LogP contribution in [0.4, 0.5) is 0 Å². The Hall–Kier alpha value is -2.87. The van der Waals surface area contributed by atoms with E-state index in [-0.39, 0.29) is 17.7 Å². The molecule has 0 fully saturated rings. The molecule has 0 aliphatic heterocycles. The predicted octanol–water partition coefficient (Wildman–Crippen LogP) is 1.34. The Morgan fingerprint density at radius 2 is 1.59 bits per heavy atom. The number of carbonyl (C=O) groups is 3. The molecule has 1 rings (SSSR count). The lowest BCUT2D eigenvalue weighted by Crippen LogP contribution is -2.56. The van der Waals surface area contributed by atoms with Crippen molar-refractivity contribution >= 4 is 17.8 Å². The summed E-state index contributed by atoms with van der Waals surface area (Å²) in [7, 11) is 0. The molecule has 0 bridgehead atoms. The van der Waals surface area contributed by atoms with Gasteiger partial charge in [0.25, 0.3) is 0 Å². The fraction of sp³-hybridized carbons (Fsp3) is 0.476. The minimum atomic E-state index is -1.21. The highest BCUT2D eigenvalue weighted by atomic mass is 16.4. The van der Waals surface area contributed by atoms with Gasteiger partial charge in [0.2, 0.25) is 11.8 Å². The number of carbonyl (C=O) groups excluding carboxylic acids is 2. The molecule has 0 saturated heterocycles. The summed E-state index contributed by atoms with van der Waals surface area (Å²) < 4.78 is 0. The summed E-state index contributed by atoms with van der Waals surface area (Å²) in [6.07, 6.45) is 0.666. The molecule has 5 N–H and O–H groups in total. The Kier molecular flexibility index (Phi) is 9.34. The molecule has 1 aromatic carbocycles. The van der Waals surface area contributed by atoms with Crippen LogP contribution in [-0.2, 0) is 20.8 Å². The highest BCUT2D eigenvalue weighted by Gasteiger charge is 2.28. The van der Waals surface area contributed by atoms with E-state index >= 15 is 0 Å². The molecule has 3 unspecified atom stereocenters. The van der Waals surface area contributed by atoms with Gasteiger partial charge in [0.05, 0.1) is 6.04 Å². The van der Waals surface area contributed by atoms with Crippen LogP contribution in [0.25, 0.3) is 0 Å². The number of nitrogens with one attached hydrogen (secondary N) is 3. The molecule has 3 atom stereocenters. The third-order valence-electron chi connectivity index (χ3n) is 4.29. The van der Waals surface area contributed by atoms with Gasteiger partial charge in [0.15, 0.2) is 0 Å². The van der Waals surface area contributed by atoms with E-state index in [0.29, 0.717) is 18.4 Å². The van der Waals surface area contributed by atoms with Crippen molar-refractivity contribution in [1.82, 2.24) is 16.0 Å². The molecule has 0 aliphatic rings. The van der Waals surface area contributed by atoms with Crippen molar-refractivity contribution in [2.75, 3.05) is 0 Å². The van der Waals surface area contributed by atoms with Crippen molar-refractivity contribution in [3.8, 4) is 5.75 Å². The minimum Gasteiger partial charge on any atom is -0.508 e. The highest BCUT2D eigenvalue weighted by Crippen LogP contribution is 2.12. The zero-order valence-corrected chi connectivity index (χ0v) is 17.4. The number of phenols is 1. The van der Waals surface area contributed by atoms with E-state index in [1.165, 1.54) is 6.92 Å². The number of aliphatic carboxylic acids is 1. The van der Waals surface area contributed by atoms with Crippen molar-refractivity contribution < 1.29 is 24.6 Å². The summed E-state index contributed by atoms with van der Waals surface area (Å²) in [5, 5.41) is 26.9. The zero-order valence-electron chi connectivity index (χ0n) is 17.4. The second kappa shape index (κ2) is 11.2. The lowest BCUT2D eigenvalue weighted by atomic mass is 10.0. The summed E-state index contributed by atoms with van der Waals surface area (Å²) in [6, 6.07) is 3.89. The fourth-order valence-electron chi connectivity index (χ4n) is 2.76. The van der Waals surface area contributed by atoms with E-state index in [0.717, 1.165) is 5.56 Å². The summed E-state index contributed by atoms with van der Waals surface area (Å²) in [5.74, 6) is -2.02. The first-order chi connectivity index (χ1) is 13.5. The molecule has 29 heavy (non-hydrogen) atoms. The number of carboxylic acid groups (broad SMARTS) is 1. The smallest absolute Gasteiger partial charge is 0.330 e. The average molecular weight is 405 g/mol. The standard InChI is InChI=1S/C21H31N3O5/c1-6-16(19(26)24-18(12(2)3)21(28)29)23-20(27)17(22-13(4)5)11-14-7-9-15(25)10-8-14/h7-10,13,16-18,22,25H,2,6,11H2,1,3-5H3,(H,23,27)(H,24,26)(H,28,29). The molecule has 8 nitrogen and oxygen atoms in total. The van der Waals surface area contributed by atoms with Gasteiger partial charge in [-0.25, -0.2) is 4.79 Å². The molecule has 0 saturated carbocycles. The Labute approximate surface area is 171 Å². The maximum atomic E-state index is 12.8. The number of amides is 2. The normalized spacial score (nSPS) is 14.0. The molecule has 0 aromatic heterocycles. The first kappa shape index (κ1) is 24.2. The van der Waals surface area contributed by atoms with Crippen LogP contribution in [-0.4, -0.2) is 52.2 Å². The van der Waals surface area contributed by atoms with Crippen molar-refractivity contribution in [3.63, 3.8) is 0 Å². The monoisotopic (exact) mass is 405 g/mol. The number of rotatable bonds is 11. The van der Waals surface area contributed by atoms with Gasteiger partial charge < -0.3 is 26.2 Å². The van der Waals surface area contributed by atoms with Crippen LogP contribution in [0.2, 0.25) is 0 Å². The lowest BCUT2D eigenvalue weighted by Gasteiger charge is -2.25. The van der Waals surface area contributed by atoms with Gasteiger partial charge in [-0.1, -0.05) is 39.5 Å². The third kappa shape index (κ3) is 7.95. The lowest BCUT2D eigenvalue weighted by molar-refractivity contribution is -0.141. The van der Waals surface area contributed by atoms with E-state index in [2.05, 4.69) is 22.5 Å². The van der Waals surface area contributed by atoms with Crippen LogP contribution in [0.5, 0.6) is 5.75 Å². The summed E-state index contributed by atoms with van der Waals surface area (Å²) in [4.78, 5) is 36.6. The van der Waals surface area contributed by atoms with Gasteiger partial charge >= 0.3 is 5.97 Å². The van der Waals surface area contributed by atoms with Crippen LogP contribution in [0.15, 0.2) is 36.4 Å². The summed E-state index contributed by atoms with van der Waals surface area (Å²) >= 11 is 0.